The summed E-state index contributed by atoms with van der Waals surface area (Å²) >= 11 is 5.89. The van der Waals surface area contributed by atoms with E-state index < -0.39 is 0 Å². The van der Waals surface area contributed by atoms with Gasteiger partial charge in [0.05, 0.1) is 0 Å². The molecule has 2 aromatic carbocycles. The molecule has 3 heteroatoms. The van der Waals surface area contributed by atoms with Crippen LogP contribution in [0.4, 0.5) is 0 Å². The first-order chi connectivity index (χ1) is 9.60. The molecule has 0 spiro atoms. The van der Waals surface area contributed by atoms with E-state index in [0.717, 1.165) is 16.3 Å². The Morgan fingerprint density at radius 1 is 1.15 bits per heavy atom. The maximum Gasteiger partial charge on any atom is 0.124 e. The minimum absolute atomic E-state index is 0.260. The number of rotatable bonds is 5. The van der Waals surface area contributed by atoms with E-state index in [0.29, 0.717) is 6.61 Å². The molecule has 106 valence electrons. The van der Waals surface area contributed by atoms with Gasteiger partial charge in [-0.25, -0.2) is 0 Å². The Balaban J connectivity index is 2.15. The second-order valence-electron chi connectivity index (χ2n) is 4.97. The summed E-state index contributed by atoms with van der Waals surface area (Å²) in [6.45, 7) is 4.74. The summed E-state index contributed by atoms with van der Waals surface area (Å²) in [4.78, 5) is 0. The van der Waals surface area contributed by atoms with Crippen LogP contribution in [-0.2, 0) is 6.61 Å². The first-order valence-electron chi connectivity index (χ1n) is 6.75. The highest BCUT2D eigenvalue weighted by Gasteiger charge is 2.10. The van der Waals surface area contributed by atoms with Crippen molar-refractivity contribution < 1.29 is 4.74 Å². The van der Waals surface area contributed by atoms with Gasteiger partial charge in [-0.1, -0.05) is 35.9 Å². The lowest BCUT2D eigenvalue weighted by atomic mass is 10.1. The first kappa shape index (κ1) is 14.9. The van der Waals surface area contributed by atoms with Crippen molar-refractivity contribution in [2.24, 2.45) is 0 Å². The molecular formula is C17H20ClNO. The third-order valence-electron chi connectivity index (χ3n) is 3.38. The molecule has 0 radical (unpaired) electrons. The molecule has 0 heterocycles. The lowest BCUT2D eigenvalue weighted by molar-refractivity contribution is 0.300. The molecule has 1 atom stereocenters. The number of nitrogens with one attached hydrogen (secondary N) is 1. The topological polar surface area (TPSA) is 21.3 Å². The van der Waals surface area contributed by atoms with Crippen LogP contribution in [0.2, 0.25) is 5.02 Å². The molecule has 0 bridgehead atoms. The fraction of sp³-hybridized carbons (Fsp3) is 0.294. The smallest absolute Gasteiger partial charge is 0.124 e. The van der Waals surface area contributed by atoms with E-state index in [1.807, 2.05) is 31.3 Å². The maximum absolute atomic E-state index is 5.98. The van der Waals surface area contributed by atoms with Crippen LogP contribution in [0.3, 0.4) is 0 Å². The number of hydrogen-bond acceptors (Lipinski definition) is 2. The molecule has 20 heavy (non-hydrogen) atoms. The molecule has 1 unspecified atom stereocenters. The van der Waals surface area contributed by atoms with Gasteiger partial charge < -0.3 is 10.1 Å². The van der Waals surface area contributed by atoms with E-state index in [4.69, 9.17) is 16.3 Å². The average molecular weight is 290 g/mol. The van der Waals surface area contributed by atoms with Crippen LogP contribution in [0.25, 0.3) is 0 Å². The standard InChI is InChI=1S/C17H20ClNO/c1-12-4-9-16(13(2)19-3)17(10-12)20-11-14-5-7-15(18)8-6-14/h4-10,13,19H,11H2,1-3H3. The molecule has 0 aromatic heterocycles. The molecule has 2 nitrogen and oxygen atoms in total. The van der Waals surface area contributed by atoms with E-state index in [1.165, 1.54) is 11.1 Å². The quantitative estimate of drug-likeness (QED) is 0.874. The Morgan fingerprint density at radius 3 is 2.50 bits per heavy atom. The number of hydrogen-bond donors (Lipinski definition) is 1. The average Bonchev–Trinajstić information content (AvgIpc) is 2.46. The molecule has 0 aliphatic heterocycles. The van der Waals surface area contributed by atoms with E-state index in [1.54, 1.807) is 0 Å². The van der Waals surface area contributed by atoms with E-state index >= 15 is 0 Å². The lowest BCUT2D eigenvalue weighted by Crippen LogP contribution is -2.13. The molecule has 0 fully saturated rings. The van der Waals surface area contributed by atoms with Crippen LogP contribution in [0, 0.1) is 6.92 Å². The van der Waals surface area contributed by atoms with Gasteiger partial charge in [-0.05, 0) is 50.2 Å². The van der Waals surface area contributed by atoms with Crippen molar-refractivity contribution in [2.75, 3.05) is 7.05 Å². The van der Waals surface area contributed by atoms with Gasteiger partial charge in [0.2, 0.25) is 0 Å². The summed E-state index contributed by atoms with van der Waals surface area (Å²) in [5.74, 6) is 0.932. The van der Waals surface area contributed by atoms with Gasteiger partial charge in [-0.15, -0.1) is 0 Å². The van der Waals surface area contributed by atoms with Crippen molar-refractivity contribution in [3.63, 3.8) is 0 Å². The van der Waals surface area contributed by atoms with E-state index in [9.17, 15) is 0 Å². The predicted octanol–water partition coefficient (Wildman–Crippen LogP) is 4.51. The van der Waals surface area contributed by atoms with Crippen LogP contribution in [0.1, 0.15) is 29.7 Å². The fourth-order valence-electron chi connectivity index (χ4n) is 2.02. The van der Waals surface area contributed by atoms with Gasteiger partial charge in [0, 0.05) is 16.6 Å². The summed E-state index contributed by atoms with van der Waals surface area (Å²) < 4.78 is 5.98. The van der Waals surface area contributed by atoms with Crippen molar-refractivity contribution in [2.45, 2.75) is 26.5 Å². The Kier molecular flexibility index (Phi) is 5.05. The molecule has 0 saturated heterocycles. The summed E-state index contributed by atoms with van der Waals surface area (Å²) in [6, 6.07) is 14.3. The minimum Gasteiger partial charge on any atom is -0.489 e. The zero-order valence-corrected chi connectivity index (χ0v) is 12.9. The monoisotopic (exact) mass is 289 g/mol. The Bertz CT molecular complexity index is 566. The number of halogens is 1. The second kappa shape index (κ2) is 6.78. The zero-order chi connectivity index (χ0) is 14.5. The third-order valence-corrected chi connectivity index (χ3v) is 3.63. The minimum atomic E-state index is 0.260. The second-order valence-corrected chi connectivity index (χ2v) is 5.40. The Labute approximate surface area is 125 Å². The molecule has 0 amide bonds. The van der Waals surface area contributed by atoms with Crippen LogP contribution >= 0.6 is 11.6 Å². The van der Waals surface area contributed by atoms with Gasteiger partial charge in [-0.2, -0.15) is 0 Å². The highest BCUT2D eigenvalue weighted by atomic mass is 35.5. The summed E-state index contributed by atoms with van der Waals surface area (Å²) in [7, 11) is 1.95. The molecule has 2 rings (SSSR count). The number of ether oxygens (including phenoxy) is 1. The summed E-state index contributed by atoms with van der Waals surface area (Å²) in [5.41, 5.74) is 3.48. The van der Waals surface area contributed by atoms with Gasteiger partial charge >= 0.3 is 0 Å². The maximum atomic E-state index is 5.98. The zero-order valence-electron chi connectivity index (χ0n) is 12.1. The number of aryl methyl sites for hydroxylation is 1. The van der Waals surface area contributed by atoms with Crippen molar-refractivity contribution >= 4 is 11.6 Å². The number of benzene rings is 2. The van der Waals surface area contributed by atoms with Crippen molar-refractivity contribution in [1.82, 2.24) is 5.32 Å². The predicted molar refractivity (Wildman–Crippen MR) is 84.4 cm³/mol. The summed E-state index contributed by atoms with van der Waals surface area (Å²) in [6.07, 6.45) is 0. The third kappa shape index (κ3) is 3.75. The Morgan fingerprint density at radius 2 is 1.85 bits per heavy atom. The van der Waals surface area contributed by atoms with Gasteiger partial charge in [0.1, 0.15) is 12.4 Å². The fourth-order valence-corrected chi connectivity index (χ4v) is 2.15. The van der Waals surface area contributed by atoms with Gasteiger partial charge in [0.25, 0.3) is 0 Å². The SMILES string of the molecule is CNC(C)c1ccc(C)cc1OCc1ccc(Cl)cc1. The van der Waals surface area contributed by atoms with Crippen molar-refractivity contribution in [1.29, 1.82) is 0 Å². The van der Waals surface area contributed by atoms with E-state index in [2.05, 4.69) is 37.4 Å². The van der Waals surface area contributed by atoms with Crippen LogP contribution in [0.5, 0.6) is 5.75 Å². The van der Waals surface area contributed by atoms with Crippen molar-refractivity contribution in [3.8, 4) is 5.75 Å². The molecule has 0 aliphatic rings. The molecule has 0 saturated carbocycles. The van der Waals surface area contributed by atoms with Crippen LogP contribution in [0.15, 0.2) is 42.5 Å². The van der Waals surface area contributed by atoms with Gasteiger partial charge in [0.15, 0.2) is 0 Å². The highest BCUT2D eigenvalue weighted by molar-refractivity contribution is 6.30. The van der Waals surface area contributed by atoms with Crippen LogP contribution < -0.4 is 10.1 Å². The largest absolute Gasteiger partial charge is 0.489 e. The Hall–Kier alpha value is -1.51. The first-order valence-corrected chi connectivity index (χ1v) is 7.13. The van der Waals surface area contributed by atoms with Crippen molar-refractivity contribution in [3.05, 3.63) is 64.2 Å². The normalized spacial score (nSPS) is 12.2. The van der Waals surface area contributed by atoms with Gasteiger partial charge in [-0.3, -0.25) is 0 Å². The highest BCUT2D eigenvalue weighted by Crippen LogP contribution is 2.27. The molecule has 1 N–H and O–H groups in total. The summed E-state index contributed by atoms with van der Waals surface area (Å²) in [5, 5.41) is 3.99. The van der Waals surface area contributed by atoms with E-state index in [-0.39, 0.29) is 6.04 Å². The lowest BCUT2D eigenvalue weighted by Gasteiger charge is -2.17. The molecular weight excluding hydrogens is 270 g/mol. The molecule has 0 aliphatic carbocycles. The van der Waals surface area contributed by atoms with Crippen LogP contribution in [-0.4, -0.2) is 7.05 Å². The molecule has 2 aromatic rings.